The third-order valence-electron chi connectivity index (χ3n) is 4.39. The fraction of sp³-hybridized carbons (Fsp3) is 0.0952. The molecule has 4 aromatic rings. The predicted molar refractivity (Wildman–Crippen MR) is 107 cm³/mol. The standard InChI is InChI=1S/C21H17N3O2S/c1-13-8-10-16(11-9-13)19-14(2)18(15-6-4-3-5-7-15)23-24(19)21-22-17(12-27-21)20(25)26/h3-12H,1-2H3,(H,25,26). The summed E-state index contributed by atoms with van der Waals surface area (Å²) in [5.41, 5.74) is 6.03. The van der Waals surface area contributed by atoms with Gasteiger partial charge in [-0.3, -0.25) is 0 Å². The zero-order chi connectivity index (χ0) is 19.0. The van der Waals surface area contributed by atoms with Gasteiger partial charge in [-0.2, -0.15) is 5.10 Å². The zero-order valence-corrected chi connectivity index (χ0v) is 15.7. The summed E-state index contributed by atoms with van der Waals surface area (Å²) in [5.74, 6) is -1.04. The molecule has 0 radical (unpaired) electrons. The van der Waals surface area contributed by atoms with Crippen LogP contribution in [0.1, 0.15) is 21.6 Å². The molecule has 0 bridgehead atoms. The number of rotatable bonds is 4. The molecule has 6 heteroatoms. The van der Waals surface area contributed by atoms with Gasteiger partial charge in [-0.25, -0.2) is 14.5 Å². The molecule has 2 aromatic heterocycles. The fourth-order valence-electron chi connectivity index (χ4n) is 3.01. The minimum Gasteiger partial charge on any atom is -0.476 e. The van der Waals surface area contributed by atoms with Crippen molar-refractivity contribution in [3.63, 3.8) is 0 Å². The highest BCUT2D eigenvalue weighted by molar-refractivity contribution is 7.12. The lowest BCUT2D eigenvalue weighted by Crippen LogP contribution is -2.02. The van der Waals surface area contributed by atoms with Crippen molar-refractivity contribution in [3.05, 3.63) is 76.8 Å². The average molecular weight is 375 g/mol. The monoisotopic (exact) mass is 375 g/mol. The van der Waals surface area contributed by atoms with Crippen molar-refractivity contribution in [2.75, 3.05) is 0 Å². The van der Waals surface area contributed by atoms with E-state index in [1.54, 1.807) is 4.68 Å². The SMILES string of the molecule is Cc1ccc(-c2c(C)c(-c3ccccc3)nn2-c2nc(C(=O)O)cs2)cc1. The molecule has 0 fully saturated rings. The second-order valence-electron chi connectivity index (χ2n) is 6.29. The maximum Gasteiger partial charge on any atom is 0.355 e. The molecule has 134 valence electrons. The van der Waals surface area contributed by atoms with E-state index in [-0.39, 0.29) is 5.69 Å². The average Bonchev–Trinajstić information content (AvgIpc) is 3.28. The van der Waals surface area contributed by atoms with E-state index in [0.29, 0.717) is 5.13 Å². The maximum absolute atomic E-state index is 11.2. The van der Waals surface area contributed by atoms with E-state index < -0.39 is 5.97 Å². The second-order valence-corrected chi connectivity index (χ2v) is 7.12. The summed E-state index contributed by atoms with van der Waals surface area (Å²) in [6.07, 6.45) is 0. The van der Waals surface area contributed by atoms with Crippen molar-refractivity contribution < 1.29 is 9.90 Å². The highest BCUT2D eigenvalue weighted by atomic mass is 32.1. The third kappa shape index (κ3) is 3.15. The Hall–Kier alpha value is -3.25. The van der Waals surface area contributed by atoms with E-state index in [0.717, 1.165) is 28.1 Å². The van der Waals surface area contributed by atoms with Gasteiger partial charge in [0.25, 0.3) is 0 Å². The second kappa shape index (κ2) is 6.81. The van der Waals surface area contributed by atoms with E-state index in [4.69, 9.17) is 5.10 Å². The molecule has 2 aromatic carbocycles. The van der Waals surface area contributed by atoms with Gasteiger partial charge in [0.05, 0.1) is 11.4 Å². The Morgan fingerprint density at radius 2 is 1.70 bits per heavy atom. The van der Waals surface area contributed by atoms with Crippen molar-refractivity contribution in [3.8, 4) is 27.6 Å². The summed E-state index contributed by atoms with van der Waals surface area (Å²) < 4.78 is 1.75. The summed E-state index contributed by atoms with van der Waals surface area (Å²) in [7, 11) is 0. The van der Waals surface area contributed by atoms with Crippen LogP contribution in [0.3, 0.4) is 0 Å². The molecular formula is C21H17N3O2S. The molecule has 0 spiro atoms. The number of carboxylic acid groups (broad SMARTS) is 1. The lowest BCUT2D eigenvalue weighted by Gasteiger charge is -2.06. The largest absolute Gasteiger partial charge is 0.476 e. The van der Waals surface area contributed by atoms with Crippen LogP contribution in [-0.4, -0.2) is 25.8 Å². The van der Waals surface area contributed by atoms with E-state index in [1.165, 1.54) is 22.3 Å². The molecule has 5 nitrogen and oxygen atoms in total. The number of thiazole rings is 1. The Morgan fingerprint density at radius 1 is 1.00 bits per heavy atom. The molecule has 2 heterocycles. The molecular weight excluding hydrogens is 358 g/mol. The van der Waals surface area contributed by atoms with Crippen LogP contribution in [0.2, 0.25) is 0 Å². The number of carboxylic acids is 1. The Labute approximate surface area is 160 Å². The van der Waals surface area contributed by atoms with Crippen LogP contribution < -0.4 is 0 Å². The highest BCUT2D eigenvalue weighted by Gasteiger charge is 2.21. The number of benzene rings is 2. The molecule has 0 unspecified atom stereocenters. The lowest BCUT2D eigenvalue weighted by atomic mass is 10.0. The van der Waals surface area contributed by atoms with Crippen LogP contribution in [0.15, 0.2) is 60.0 Å². The number of nitrogens with zero attached hydrogens (tertiary/aromatic N) is 3. The van der Waals surface area contributed by atoms with Crippen LogP contribution in [-0.2, 0) is 0 Å². The van der Waals surface area contributed by atoms with Gasteiger partial charge in [-0.1, -0.05) is 60.2 Å². The summed E-state index contributed by atoms with van der Waals surface area (Å²) in [4.78, 5) is 15.5. The van der Waals surface area contributed by atoms with Gasteiger partial charge in [0.1, 0.15) is 0 Å². The summed E-state index contributed by atoms with van der Waals surface area (Å²) >= 11 is 1.27. The van der Waals surface area contributed by atoms with Crippen molar-refractivity contribution >= 4 is 17.3 Å². The Bertz CT molecular complexity index is 1110. The smallest absolute Gasteiger partial charge is 0.355 e. The van der Waals surface area contributed by atoms with E-state index >= 15 is 0 Å². The molecule has 27 heavy (non-hydrogen) atoms. The summed E-state index contributed by atoms with van der Waals surface area (Å²) in [6.45, 7) is 4.08. The number of hydrogen-bond acceptors (Lipinski definition) is 4. The van der Waals surface area contributed by atoms with Gasteiger partial charge in [0, 0.05) is 22.1 Å². The number of carbonyl (C=O) groups is 1. The Balaban J connectivity index is 1.95. The minimum atomic E-state index is -1.04. The third-order valence-corrected chi connectivity index (χ3v) is 5.20. The number of aromatic nitrogens is 3. The van der Waals surface area contributed by atoms with Crippen LogP contribution in [0.4, 0.5) is 0 Å². The molecule has 4 rings (SSSR count). The number of hydrogen-bond donors (Lipinski definition) is 1. The first-order chi connectivity index (χ1) is 13.0. The molecule has 0 amide bonds. The maximum atomic E-state index is 11.2. The van der Waals surface area contributed by atoms with Crippen LogP contribution in [0, 0.1) is 13.8 Å². The normalized spacial score (nSPS) is 10.9. The van der Waals surface area contributed by atoms with Crippen LogP contribution in [0.25, 0.3) is 27.6 Å². The zero-order valence-electron chi connectivity index (χ0n) is 14.9. The summed E-state index contributed by atoms with van der Waals surface area (Å²) in [6, 6.07) is 18.2. The van der Waals surface area contributed by atoms with E-state index in [2.05, 4.69) is 29.2 Å². The summed E-state index contributed by atoms with van der Waals surface area (Å²) in [5, 5.41) is 16.1. The Kier molecular flexibility index (Phi) is 4.33. The predicted octanol–water partition coefficient (Wildman–Crippen LogP) is 4.98. The molecule has 0 aliphatic rings. The van der Waals surface area contributed by atoms with Crippen LogP contribution >= 0.6 is 11.3 Å². The highest BCUT2D eigenvalue weighted by Crippen LogP contribution is 2.34. The quantitative estimate of drug-likeness (QED) is 0.546. The van der Waals surface area contributed by atoms with Crippen molar-refractivity contribution in [2.45, 2.75) is 13.8 Å². The molecule has 1 N–H and O–H groups in total. The first-order valence-electron chi connectivity index (χ1n) is 8.46. The molecule has 0 aliphatic heterocycles. The first kappa shape index (κ1) is 17.2. The van der Waals surface area contributed by atoms with E-state index in [9.17, 15) is 9.90 Å². The fourth-order valence-corrected chi connectivity index (χ4v) is 3.77. The van der Waals surface area contributed by atoms with Gasteiger partial charge in [-0.05, 0) is 13.8 Å². The van der Waals surface area contributed by atoms with Crippen molar-refractivity contribution in [2.24, 2.45) is 0 Å². The first-order valence-corrected chi connectivity index (χ1v) is 9.34. The van der Waals surface area contributed by atoms with Crippen LogP contribution in [0.5, 0.6) is 0 Å². The van der Waals surface area contributed by atoms with Crippen molar-refractivity contribution in [1.82, 2.24) is 14.8 Å². The molecule has 0 saturated heterocycles. The van der Waals surface area contributed by atoms with Gasteiger partial charge < -0.3 is 5.11 Å². The van der Waals surface area contributed by atoms with Crippen molar-refractivity contribution in [1.29, 1.82) is 0 Å². The Morgan fingerprint density at radius 3 is 2.33 bits per heavy atom. The number of aryl methyl sites for hydroxylation is 1. The van der Waals surface area contributed by atoms with E-state index in [1.807, 2.05) is 44.2 Å². The van der Waals surface area contributed by atoms with Gasteiger partial charge in [-0.15, -0.1) is 11.3 Å². The number of aromatic carboxylic acids is 1. The van der Waals surface area contributed by atoms with Gasteiger partial charge >= 0.3 is 5.97 Å². The van der Waals surface area contributed by atoms with Gasteiger partial charge in [0.15, 0.2) is 5.69 Å². The molecule has 0 saturated carbocycles. The molecule has 0 aliphatic carbocycles. The topological polar surface area (TPSA) is 68.0 Å². The molecule has 0 atom stereocenters. The minimum absolute atomic E-state index is 0.0271. The van der Waals surface area contributed by atoms with Gasteiger partial charge in [0.2, 0.25) is 5.13 Å². The lowest BCUT2D eigenvalue weighted by molar-refractivity contribution is 0.0691.